The van der Waals surface area contributed by atoms with Crippen molar-refractivity contribution in [3.05, 3.63) is 53.0 Å². The van der Waals surface area contributed by atoms with Crippen molar-refractivity contribution in [1.29, 1.82) is 0 Å². The zero-order chi connectivity index (χ0) is 11.8. The summed E-state index contributed by atoms with van der Waals surface area (Å²) < 4.78 is 1.29. The molecule has 3 rings (SSSR count). The molecule has 0 atom stereocenters. The predicted molar refractivity (Wildman–Crippen MR) is 74.5 cm³/mol. The highest BCUT2D eigenvalue weighted by Gasteiger charge is 2.07. The lowest BCUT2D eigenvalue weighted by Crippen LogP contribution is -1.79. The number of aromatic nitrogens is 1. The third-order valence-electron chi connectivity index (χ3n) is 2.88. The molecule has 0 saturated carbocycles. The summed E-state index contributed by atoms with van der Waals surface area (Å²) in [6.45, 7) is 4.17. The molecule has 0 aliphatic rings. The second-order valence-electron chi connectivity index (χ2n) is 4.25. The first-order valence-electron chi connectivity index (χ1n) is 5.67. The molecule has 0 amide bonds. The normalized spacial score (nSPS) is 10.9. The van der Waals surface area contributed by atoms with Gasteiger partial charge in [0, 0.05) is 5.56 Å². The molecule has 0 bridgehead atoms. The minimum atomic E-state index is 1.10. The topological polar surface area (TPSA) is 12.9 Å². The summed E-state index contributed by atoms with van der Waals surface area (Å²) in [6, 6.07) is 15.0. The molecule has 0 N–H and O–H groups in total. The number of rotatable bonds is 1. The van der Waals surface area contributed by atoms with Crippen molar-refractivity contribution in [3.8, 4) is 11.1 Å². The van der Waals surface area contributed by atoms with Gasteiger partial charge in [-0.2, -0.15) is 0 Å². The predicted octanol–water partition coefficient (Wildman–Crippen LogP) is 4.58. The Labute approximate surface area is 105 Å². The van der Waals surface area contributed by atoms with Crippen molar-refractivity contribution in [2.24, 2.45) is 0 Å². The molecule has 2 heteroatoms. The van der Waals surface area contributed by atoms with Gasteiger partial charge in [-0.15, -0.1) is 11.3 Å². The third-order valence-corrected chi connectivity index (χ3v) is 3.90. The van der Waals surface area contributed by atoms with Crippen LogP contribution < -0.4 is 0 Å². The van der Waals surface area contributed by atoms with E-state index in [0.717, 1.165) is 10.5 Å². The lowest BCUT2D eigenvalue weighted by Gasteiger charge is -2.03. The van der Waals surface area contributed by atoms with Crippen molar-refractivity contribution < 1.29 is 0 Å². The van der Waals surface area contributed by atoms with E-state index in [9.17, 15) is 0 Å². The average Bonchev–Trinajstić information content (AvgIpc) is 2.70. The van der Waals surface area contributed by atoms with Gasteiger partial charge in [-0.3, -0.25) is 0 Å². The first kappa shape index (κ1) is 10.5. The first-order valence-corrected chi connectivity index (χ1v) is 6.49. The van der Waals surface area contributed by atoms with E-state index in [2.05, 4.69) is 61.3 Å². The summed E-state index contributed by atoms with van der Waals surface area (Å²) in [7, 11) is 0. The van der Waals surface area contributed by atoms with Crippen LogP contribution in [0, 0.1) is 13.8 Å². The standard InChI is InChI=1S/C15H13NS/c1-10-6-8-12(9-7-10)13-4-3-5-14-15(13)17-11(2)16-14/h3-9H,1-2H3. The van der Waals surface area contributed by atoms with Crippen LogP contribution in [0.25, 0.3) is 21.3 Å². The van der Waals surface area contributed by atoms with Crippen molar-refractivity contribution in [1.82, 2.24) is 4.98 Å². The largest absolute Gasteiger partial charge is 0.241 e. The Kier molecular flexibility index (Phi) is 2.45. The Morgan fingerprint density at radius 3 is 2.47 bits per heavy atom. The van der Waals surface area contributed by atoms with Gasteiger partial charge >= 0.3 is 0 Å². The molecule has 17 heavy (non-hydrogen) atoms. The van der Waals surface area contributed by atoms with Crippen molar-refractivity contribution in [2.75, 3.05) is 0 Å². The number of aryl methyl sites for hydroxylation is 2. The Hall–Kier alpha value is -1.67. The molecule has 0 saturated heterocycles. The van der Waals surface area contributed by atoms with Gasteiger partial charge < -0.3 is 0 Å². The lowest BCUT2D eigenvalue weighted by molar-refractivity contribution is 1.35. The molecule has 1 aromatic heterocycles. The molecule has 0 aliphatic heterocycles. The number of fused-ring (bicyclic) bond motifs is 1. The third kappa shape index (κ3) is 1.85. The van der Waals surface area contributed by atoms with Crippen LogP contribution in [0.5, 0.6) is 0 Å². The van der Waals surface area contributed by atoms with E-state index in [1.807, 2.05) is 0 Å². The van der Waals surface area contributed by atoms with E-state index in [1.165, 1.54) is 21.4 Å². The quantitative estimate of drug-likeness (QED) is 0.605. The molecule has 0 spiro atoms. The lowest BCUT2D eigenvalue weighted by atomic mass is 10.0. The highest BCUT2D eigenvalue weighted by atomic mass is 32.1. The highest BCUT2D eigenvalue weighted by molar-refractivity contribution is 7.19. The summed E-state index contributed by atoms with van der Waals surface area (Å²) in [6.07, 6.45) is 0. The van der Waals surface area contributed by atoms with E-state index < -0.39 is 0 Å². The van der Waals surface area contributed by atoms with Crippen LogP contribution >= 0.6 is 11.3 Å². The summed E-state index contributed by atoms with van der Waals surface area (Å²) in [4.78, 5) is 4.54. The minimum Gasteiger partial charge on any atom is -0.241 e. The molecule has 2 aromatic carbocycles. The second kappa shape index (κ2) is 3.97. The molecule has 1 nitrogen and oxygen atoms in total. The van der Waals surface area contributed by atoms with Crippen LogP contribution in [0.2, 0.25) is 0 Å². The number of nitrogens with zero attached hydrogens (tertiary/aromatic N) is 1. The maximum absolute atomic E-state index is 4.54. The van der Waals surface area contributed by atoms with Gasteiger partial charge in [-0.25, -0.2) is 4.98 Å². The number of hydrogen-bond acceptors (Lipinski definition) is 2. The van der Waals surface area contributed by atoms with Gasteiger partial charge in [0.15, 0.2) is 0 Å². The summed E-state index contributed by atoms with van der Waals surface area (Å²) in [5.74, 6) is 0. The van der Waals surface area contributed by atoms with Crippen LogP contribution in [0.1, 0.15) is 10.6 Å². The Morgan fingerprint density at radius 2 is 1.71 bits per heavy atom. The van der Waals surface area contributed by atoms with E-state index >= 15 is 0 Å². The van der Waals surface area contributed by atoms with Gasteiger partial charge in [0.25, 0.3) is 0 Å². The molecular formula is C15H13NS. The number of hydrogen-bond donors (Lipinski definition) is 0. The molecule has 3 aromatic rings. The molecule has 84 valence electrons. The van der Waals surface area contributed by atoms with Gasteiger partial charge in [-0.05, 0) is 25.5 Å². The van der Waals surface area contributed by atoms with Crippen molar-refractivity contribution in [3.63, 3.8) is 0 Å². The van der Waals surface area contributed by atoms with Crippen LogP contribution in [0.3, 0.4) is 0 Å². The Bertz CT molecular complexity index is 665. The number of thiazole rings is 1. The number of benzene rings is 2. The maximum Gasteiger partial charge on any atom is 0.0907 e. The van der Waals surface area contributed by atoms with E-state index in [0.29, 0.717) is 0 Å². The van der Waals surface area contributed by atoms with Crippen LogP contribution in [-0.4, -0.2) is 4.98 Å². The van der Waals surface area contributed by atoms with Crippen LogP contribution in [0.15, 0.2) is 42.5 Å². The molecule has 0 aliphatic carbocycles. The summed E-state index contributed by atoms with van der Waals surface area (Å²) >= 11 is 1.77. The fourth-order valence-electron chi connectivity index (χ4n) is 2.02. The van der Waals surface area contributed by atoms with Crippen molar-refractivity contribution >= 4 is 21.6 Å². The average molecular weight is 239 g/mol. The zero-order valence-corrected chi connectivity index (χ0v) is 10.7. The van der Waals surface area contributed by atoms with Gasteiger partial charge in [0.2, 0.25) is 0 Å². The molecule has 0 radical (unpaired) electrons. The summed E-state index contributed by atoms with van der Waals surface area (Å²) in [5.41, 5.74) is 4.95. The van der Waals surface area contributed by atoms with Crippen molar-refractivity contribution in [2.45, 2.75) is 13.8 Å². The van der Waals surface area contributed by atoms with Crippen LogP contribution in [0.4, 0.5) is 0 Å². The Balaban J connectivity index is 2.26. The van der Waals surface area contributed by atoms with E-state index in [-0.39, 0.29) is 0 Å². The Morgan fingerprint density at radius 1 is 0.941 bits per heavy atom. The van der Waals surface area contributed by atoms with Gasteiger partial charge in [-0.1, -0.05) is 42.0 Å². The second-order valence-corrected chi connectivity index (χ2v) is 5.46. The summed E-state index contributed by atoms with van der Waals surface area (Å²) in [5, 5.41) is 1.12. The fourth-order valence-corrected chi connectivity index (χ4v) is 2.97. The smallest absolute Gasteiger partial charge is 0.0907 e. The van der Waals surface area contributed by atoms with Gasteiger partial charge in [0.1, 0.15) is 0 Å². The SMILES string of the molecule is Cc1ccc(-c2cccc3nc(C)sc23)cc1. The molecular weight excluding hydrogens is 226 g/mol. The van der Waals surface area contributed by atoms with Gasteiger partial charge in [0.05, 0.1) is 15.2 Å². The monoisotopic (exact) mass is 239 g/mol. The fraction of sp³-hybridized carbons (Fsp3) is 0.133. The van der Waals surface area contributed by atoms with E-state index in [4.69, 9.17) is 0 Å². The molecule has 0 unspecified atom stereocenters. The van der Waals surface area contributed by atoms with E-state index in [1.54, 1.807) is 11.3 Å². The minimum absolute atomic E-state index is 1.10. The first-order chi connectivity index (χ1) is 8.24. The highest BCUT2D eigenvalue weighted by Crippen LogP contribution is 2.32. The molecule has 0 fully saturated rings. The zero-order valence-electron chi connectivity index (χ0n) is 9.90. The maximum atomic E-state index is 4.54. The molecule has 1 heterocycles. The van der Waals surface area contributed by atoms with Crippen LogP contribution in [-0.2, 0) is 0 Å².